The van der Waals surface area contributed by atoms with E-state index in [-0.39, 0.29) is 11.9 Å². The monoisotopic (exact) mass is 331 g/mol. The Labute approximate surface area is 144 Å². The number of nitrogens with zero attached hydrogens (tertiary/aromatic N) is 1. The Bertz CT molecular complexity index is 586. The van der Waals surface area contributed by atoms with Crippen LogP contribution in [-0.2, 0) is 0 Å². The zero-order chi connectivity index (χ0) is 17.5. The molecule has 1 unspecified atom stereocenters. The maximum Gasteiger partial charge on any atom is 0.321 e. The third-order valence-corrected chi connectivity index (χ3v) is 4.88. The SMILES string of the molecule is CCCC1CCCN(C(=O)Nc2cccc(C(=O)NC)c2C)CC1. The molecule has 1 saturated heterocycles. The number of carbonyl (C=O) groups is 2. The molecule has 0 aromatic heterocycles. The van der Waals surface area contributed by atoms with Gasteiger partial charge in [0.05, 0.1) is 0 Å². The average molecular weight is 331 g/mol. The van der Waals surface area contributed by atoms with Gasteiger partial charge in [0.2, 0.25) is 0 Å². The molecule has 5 heteroatoms. The van der Waals surface area contributed by atoms with E-state index < -0.39 is 0 Å². The number of hydrogen-bond donors (Lipinski definition) is 2. The molecule has 0 aliphatic carbocycles. The molecule has 1 fully saturated rings. The highest BCUT2D eigenvalue weighted by Crippen LogP contribution is 2.23. The van der Waals surface area contributed by atoms with Crippen molar-refractivity contribution in [2.45, 2.75) is 46.0 Å². The van der Waals surface area contributed by atoms with Crippen LogP contribution in [0.3, 0.4) is 0 Å². The fraction of sp³-hybridized carbons (Fsp3) is 0.579. The van der Waals surface area contributed by atoms with Gasteiger partial charge in [0.1, 0.15) is 0 Å². The lowest BCUT2D eigenvalue weighted by Gasteiger charge is -2.22. The van der Waals surface area contributed by atoms with Gasteiger partial charge in [0.15, 0.2) is 0 Å². The first kappa shape index (κ1) is 18.3. The van der Waals surface area contributed by atoms with E-state index in [1.807, 2.05) is 17.9 Å². The van der Waals surface area contributed by atoms with E-state index in [0.717, 1.165) is 37.4 Å². The number of urea groups is 1. The number of nitrogens with one attached hydrogen (secondary N) is 2. The van der Waals surface area contributed by atoms with Crippen LogP contribution in [0, 0.1) is 12.8 Å². The van der Waals surface area contributed by atoms with Gasteiger partial charge >= 0.3 is 6.03 Å². The summed E-state index contributed by atoms with van der Waals surface area (Å²) >= 11 is 0. The van der Waals surface area contributed by atoms with Crippen LogP contribution in [0.25, 0.3) is 0 Å². The molecule has 2 N–H and O–H groups in total. The molecule has 1 aromatic rings. The van der Waals surface area contributed by atoms with E-state index in [4.69, 9.17) is 0 Å². The smallest absolute Gasteiger partial charge is 0.321 e. The van der Waals surface area contributed by atoms with E-state index in [1.165, 1.54) is 19.3 Å². The van der Waals surface area contributed by atoms with Gasteiger partial charge in [-0.15, -0.1) is 0 Å². The van der Waals surface area contributed by atoms with Crippen molar-refractivity contribution in [3.63, 3.8) is 0 Å². The molecule has 1 atom stereocenters. The van der Waals surface area contributed by atoms with Crippen LogP contribution in [-0.4, -0.2) is 37.0 Å². The zero-order valence-corrected chi connectivity index (χ0v) is 15.0. The maximum atomic E-state index is 12.6. The maximum absolute atomic E-state index is 12.6. The number of likely N-dealkylation sites (tertiary alicyclic amines) is 1. The van der Waals surface area contributed by atoms with Crippen LogP contribution < -0.4 is 10.6 Å². The van der Waals surface area contributed by atoms with Gasteiger partial charge in [-0.2, -0.15) is 0 Å². The molecule has 2 rings (SSSR count). The second-order valence-electron chi connectivity index (χ2n) is 6.56. The van der Waals surface area contributed by atoms with Crippen LogP contribution in [0.4, 0.5) is 10.5 Å². The summed E-state index contributed by atoms with van der Waals surface area (Å²) in [6.07, 6.45) is 5.82. The number of benzene rings is 1. The molecule has 0 radical (unpaired) electrons. The Hall–Kier alpha value is -2.04. The second kappa shape index (κ2) is 8.71. The summed E-state index contributed by atoms with van der Waals surface area (Å²) in [6, 6.07) is 5.35. The van der Waals surface area contributed by atoms with Gasteiger partial charge in [-0.3, -0.25) is 4.79 Å². The molecule has 3 amide bonds. The van der Waals surface area contributed by atoms with Crippen molar-refractivity contribution in [2.24, 2.45) is 5.92 Å². The lowest BCUT2D eigenvalue weighted by atomic mass is 9.96. The standard InChI is InChI=1S/C19H29N3O2/c1-4-7-15-8-6-12-22(13-11-15)19(24)21-17-10-5-9-16(14(17)2)18(23)20-3/h5,9-10,15H,4,6-8,11-13H2,1-3H3,(H,20,23)(H,21,24). The first-order valence-corrected chi connectivity index (χ1v) is 8.94. The minimum Gasteiger partial charge on any atom is -0.355 e. The molecule has 24 heavy (non-hydrogen) atoms. The fourth-order valence-electron chi connectivity index (χ4n) is 3.41. The molecule has 5 nitrogen and oxygen atoms in total. The Morgan fingerprint density at radius 3 is 2.75 bits per heavy atom. The first-order valence-electron chi connectivity index (χ1n) is 8.94. The van der Waals surface area contributed by atoms with E-state index >= 15 is 0 Å². The molecule has 0 saturated carbocycles. The molecular formula is C19H29N3O2. The van der Waals surface area contributed by atoms with Gasteiger partial charge in [0, 0.05) is 31.4 Å². The average Bonchev–Trinajstić information content (AvgIpc) is 2.82. The van der Waals surface area contributed by atoms with Crippen LogP contribution in [0.5, 0.6) is 0 Å². The van der Waals surface area contributed by atoms with Gasteiger partial charge in [0.25, 0.3) is 5.91 Å². The van der Waals surface area contributed by atoms with Crippen LogP contribution >= 0.6 is 0 Å². The third kappa shape index (κ3) is 4.49. The van der Waals surface area contributed by atoms with Crippen LogP contribution in [0.2, 0.25) is 0 Å². The summed E-state index contributed by atoms with van der Waals surface area (Å²) in [5.74, 6) is 0.604. The van der Waals surface area contributed by atoms with E-state index in [1.54, 1.807) is 19.2 Å². The van der Waals surface area contributed by atoms with Crippen molar-refractivity contribution in [1.82, 2.24) is 10.2 Å². The van der Waals surface area contributed by atoms with Gasteiger partial charge in [-0.25, -0.2) is 4.79 Å². The molecular weight excluding hydrogens is 302 g/mol. The predicted molar refractivity (Wildman–Crippen MR) is 97.4 cm³/mol. The minimum atomic E-state index is -0.138. The Morgan fingerprint density at radius 2 is 2.04 bits per heavy atom. The van der Waals surface area contributed by atoms with Gasteiger partial charge in [-0.1, -0.05) is 25.8 Å². The lowest BCUT2D eigenvalue weighted by molar-refractivity contribution is 0.0962. The van der Waals surface area contributed by atoms with E-state index in [9.17, 15) is 9.59 Å². The van der Waals surface area contributed by atoms with Gasteiger partial charge in [-0.05, 0) is 49.8 Å². The summed E-state index contributed by atoms with van der Waals surface area (Å²) in [4.78, 5) is 26.4. The summed E-state index contributed by atoms with van der Waals surface area (Å²) in [6.45, 7) is 5.70. The molecule has 0 spiro atoms. The summed E-state index contributed by atoms with van der Waals surface area (Å²) in [5.41, 5.74) is 2.09. The number of anilines is 1. The number of carbonyl (C=O) groups excluding carboxylic acids is 2. The summed E-state index contributed by atoms with van der Waals surface area (Å²) in [7, 11) is 1.61. The quantitative estimate of drug-likeness (QED) is 0.882. The number of amides is 3. The summed E-state index contributed by atoms with van der Waals surface area (Å²) < 4.78 is 0. The van der Waals surface area contributed by atoms with E-state index in [0.29, 0.717) is 11.3 Å². The predicted octanol–water partition coefficient (Wildman–Crippen LogP) is 3.79. The highest BCUT2D eigenvalue weighted by atomic mass is 16.2. The highest BCUT2D eigenvalue weighted by Gasteiger charge is 2.21. The number of rotatable bonds is 4. The fourth-order valence-corrected chi connectivity index (χ4v) is 3.41. The molecule has 1 aliphatic heterocycles. The second-order valence-corrected chi connectivity index (χ2v) is 6.56. The molecule has 1 aromatic carbocycles. The molecule has 0 bridgehead atoms. The molecule has 1 aliphatic rings. The largest absolute Gasteiger partial charge is 0.355 e. The lowest BCUT2D eigenvalue weighted by Crippen LogP contribution is -2.36. The number of hydrogen-bond acceptors (Lipinski definition) is 2. The van der Waals surface area contributed by atoms with Crippen LogP contribution in [0.1, 0.15) is 54.9 Å². The first-order chi connectivity index (χ1) is 11.6. The van der Waals surface area contributed by atoms with Crippen molar-refractivity contribution < 1.29 is 9.59 Å². The topological polar surface area (TPSA) is 61.4 Å². The van der Waals surface area contributed by atoms with Crippen molar-refractivity contribution >= 4 is 17.6 Å². The Balaban J connectivity index is 2.03. The minimum absolute atomic E-state index is 0.0655. The third-order valence-electron chi connectivity index (χ3n) is 4.88. The van der Waals surface area contributed by atoms with E-state index in [2.05, 4.69) is 17.6 Å². The Morgan fingerprint density at radius 1 is 1.25 bits per heavy atom. The molecule has 132 valence electrons. The van der Waals surface area contributed by atoms with Crippen molar-refractivity contribution in [3.05, 3.63) is 29.3 Å². The summed E-state index contributed by atoms with van der Waals surface area (Å²) in [5, 5.41) is 5.61. The van der Waals surface area contributed by atoms with Gasteiger partial charge < -0.3 is 15.5 Å². The highest BCUT2D eigenvalue weighted by molar-refractivity contribution is 5.98. The molecule has 1 heterocycles. The van der Waals surface area contributed by atoms with Crippen molar-refractivity contribution in [2.75, 3.05) is 25.5 Å². The van der Waals surface area contributed by atoms with Crippen molar-refractivity contribution in [1.29, 1.82) is 0 Å². The normalized spacial score (nSPS) is 18.0. The van der Waals surface area contributed by atoms with Crippen molar-refractivity contribution in [3.8, 4) is 0 Å². The zero-order valence-electron chi connectivity index (χ0n) is 15.0. The Kier molecular flexibility index (Phi) is 6.64. The van der Waals surface area contributed by atoms with Crippen LogP contribution in [0.15, 0.2) is 18.2 Å².